The summed E-state index contributed by atoms with van der Waals surface area (Å²) >= 11 is 1.62. The van der Waals surface area contributed by atoms with Crippen molar-refractivity contribution in [1.82, 2.24) is 5.32 Å². The summed E-state index contributed by atoms with van der Waals surface area (Å²) in [7, 11) is 0. The molecule has 21 heavy (non-hydrogen) atoms. The van der Waals surface area contributed by atoms with Gasteiger partial charge in [-0.2, -0.15) is 5.26 Å². The van der Waals surface area contributed by atoms with Crippen LogP contribution in [-0.4, -0.2) is 19.0 Å². The lowest BCUT2D eigenvalue weighted by Gasteiger charge is -2.21. The molecule has 0 aromatic carbocycles. The zero-order valence-electron chi connectivity index (χ0n) is 12.2. The molecule has 0 bridgehead atoms. The molecule has 2 aliphatic rings. The molecule has 0 atom stereocenters. The Bertz CT molecular complexity index is 567. The first-order valence-corrected chi connectivity index (χ1v) is 8.67. The van der Waals surface area contributed by atoms with Gasteiger partial charge >= 0.3 is 0 Å². The van der Waals surface area contributed by atoms with Crippen LogP contribution < -0.4 is 10.6 Å². The van der Waals surface area contributed by atoms with Crippen LogP contribution in [0.3, 0.4) is 0 Å². The van der Waals surface area contributed by atoms with Crippen LogP contribution in [0.2, 0.25) is 0 Å². The fraction of sp³-hybridized carbons (Fsp3) is 0.625. The Hall–Kier alpha value is -1.38. The van der Waals surface area contributed by atoms with Crippen LogP contribution in [0.5, 0.6) is 0 Å². The number of fused-ring (bicyclic) bond motifs is 1. The standard InChI is InChI=1S/C16H21N3OS/c17-10-13-12-4-2-1-3-5-14(12)21-16(13)19-15(20)11-6-8-18-9-7-11/h11,18H,1-9H2,(H,19,20). The van der Waals surface area contributed by atoms with E-state index in [0.29, 0.717) is 0 Å². The Morgan fingerprint density at radius 3 is 2.76 bits per heavy atom. The number of carbonyl (C=O) groups is 1. The van der Waals surface area contributed by atoms with Crippen LogP contribution in [0.25, 0.3) is 0 Å². The van der Waals surface area contributed by atoms with Crippen molar-refractivity contribution in [1.29, 1.82) is 5.26 Å². The number of nitriles is 1. The maximum Gasteiger partial charge on any atom is 0.228 e. The van der Waals surface area contributed by atoms with E-state index in [0.717, 1.165) is 55.8 Å². The third-order valence-corrected chi connectivity index (χ3v) is 5.69. The van der Waals surface area contributed by atoms with Crippen LogP contribution in [0.15, 0.2) is 0 Å². The van der Waals surface area contributed by atoms with Crippen molar-refractivity contribution in [3.63, 3.8) is 0 Å². The van der Waals surface area contributed by atoms with E-state index in [1.165, 1.54) is 23.3 Å². The number of nitrogens with zero attached hydrogens (tertiary/aromatic N) is 1. The maximum atomic E-state index is 12.4. The highest BCUT2D eigenvalue weighted by Crippen LogP contribution is 2.37. The minimum atomic E-state index is 0.0831. The summed E-state index contributed by atoms with van der Waals surface area (Å²) in [5.74, 6) is 0.170. The van der Waals surface area contributed by atoms with Gasteiger partial charge in [-0.05, 0) is 57.2 Å². The van der Waals surface area contributed by atoms with E-state index in [-0.39, 0.29) is 11.8 Å². The van der Waals surface area contributed by atoms with E-state index in [1.54, 1.807) is 11.3 Å². The molecule has 1 amide bonds. The minimum Gasteiger partial charge on any atom is -0.317 e. The van der Waals surface area contributed by atoms with Gasteiger partial charge in [0.25, 0.3) is 0 Å². The van der Waals surface area contributed by atoms with E-state index in [2.05, 4.69) is 16.7 Å². The number of anilines is 1. The predicted molar refractivity (Wildman–Crippen MR) is 84.5 cm³/mol. The fourth-order valence-electron chi connectivity index (χ4n) is 3.25. The van der Waals surface area contributed by atoms with E-state index in [4.69, 9.17) is 0 Å². The van der Waals surface area contributed by atoms with Gasteiger partial charge in [-0.25, -0.2) is 0 Å². The molecule has 2 N–H and O–H groups in total. The van der Waals surface area contributed by atoms with Gasteiger partial charge in [0.1, 0.15) is 11.1 Å². The van der Waals surface area contributed by atoms with Gasteiger partial charge in [-0.3, -0.25) is 4.79 Å². The molecule has 1 aliphatic heterocycles. The average molecular weight is 303 g/mol. The van der Waals surface area contributed by atoms with E-state index < -0.39 is 0 Å². The molecular formula is C16H21N3OS. The summed E-state index contributed by atoms with van der Waals surface area (Å²) in [4.78, 5) is 13.7. The molecule has 1 saturated heterocycles. The monoisotopic (exact) mass is 303 g/mol. The second kappa shape index (κ2) is 6.59. The van der Waals surface area contributed by atoms with Gasteiger partial charge in [0.2, 0.25) is 5.91 Å². The molecule has 0 spiro atoms. The molecule has 1 fully saturated rings. The lowest BCUT2D eigenvalue weighted by molar-refractivity contribution is -0.120. The summed E-state index contributed by atoms with van der Waals surface area (Å²) in [6.45, 7) is 1.81. The highest BCUT2D eigenvalue weighted by Gasteiger charge is 2.25. The van der Waals surface area contributed by atoms with E-state index in [1.807, 2.05) is 0 Å². The Morgan fingerprint density at radius 2 is 2.00 bits per heavy atom. The maximum absolute atomic E-state index is 12.4. The van der Waals surface area contributed by atoms with Crippen molar-refractivity contribution in [3.05, 3.63) is 16.0 Å². The van der Waals surface area contributed by atoms with Crippen LogP contribution in [0, 0.1) is 17.2 Å². The quantitative estimate of drug-likeness (QED) is 0.826. The molecule has 1 aromatic rings. The van der Waals surface area contributed by atoms with Crippen molar-refractivity contribution in [2.75, 3.05) is 18.4 Å². The number of aryl methyl sites for hydroxylation is 1. The normalized spacial score (nSPS) is 19.4. The predicted octanol–water partition coefficient (Wildman–Crippen LogP) is 2.83. The molecular weight excluding hydrogens is 282 g/mol. The first kappa shape index (κ1) is 14.6. The van der Waals surface area contributed by atoms with Gasteiger partial charge in [0.15, 0.2) is 0 Å². The van der Waals surface area contributed by atoms with Gasteiger partial charge in [-0.1, -0.05) is 6.42 Å². The first-order valence-electron chi connectivity index (χ1n) is 7.86. The van der Waals surface area contributed by atoms with Crippen LogP contribution in [0.4, 0.5) is 5.00 Å². The number of amides is 1. The fourth-order valence-corrected chi connectivity index (χ4v) is 4.49. The van der Waals surface area contributed by atoms with Gasteiger partial charge in [-0.15, -0.1) is 11.3 Å². The minimum absolute atomic E-state index is 0.0831. The Labute approximate surface area is 129 Å². The molecule has 2 heterocycles. The van der Waals surface area contributed by atoms with E-state index in [9.17, 15) is 10.1 Å². The number of piperidine rings is 1. The average Bonchev–Trinajstić information content (AvgIpc) is 2.68. The number of carbonyl (C=O) groups excluding carboxylic acids is 1. The van der Waals surface area contributed by atoms with Gasteiger partial charge in [0, 0.05) is 10.8 Å². The summed E-state index contributed by atoms with van der Waals surface area (Å²) in [6, 6.07) is 2.32. The summed E-state index contributed by atoms with van der Waals surface area (Å²) in [5.41, 5.74) is 1.92. The number of rotatable bonds is 2. The second-order valence-corrected chi connectivity index (χ2v) is 7.00. The first-order chi connectivity index (χ1) is 10.3. The molecule has 5 heteroatoms. The van der Waals surface area contributed by atoms with Gasteiger partial charge in [0.05, 0.1) is 5.56 Å². The topological polar surface area (TPSA) is 64.9 Å². The number of nitrogens with one attached hydrogen (secondary N) is 2. The molecule has 112 valence electrons. The molecule has 0 radical (unpaired) electrons. The lowest BCUT2D eigenvalue weighted by Crippen LogP contribution is -2.34. The second-order valence-electron chi connectivity index (χ2n) is 5.89. The smallest absolute Gasteiger partial charge is 0.228 e. The van der Waals surface area contributed by atoms with Crippen molar-refractivity contribution < 1.29 is 4.79 Å². The summed E-state index contributed by atoms with van der Waals surface area (Å²) < 4.78 is 0. The number of thiophene rings is 1. The zero-order chi connectivity index (χ0) is 14.7. The molecule has 4 nitrogen and oxygen atoms in total. The third kappa shape index (κ3) is 3.12. The Kier molecular flexibility index (Phi) is 4.57. The van der Waals surface area contributed by atoms with Crippen molar-refractivity contribution in [3.8, 4) is 6.07 Å². The summed E-state index contributed by atoms with van der Waals surface area (Å²) in [5, 5.41) is 16.6. The third-order valence-electron chi connectivity index (χ3n) is 4.48. The van der Waals surface area contributed by atoms with Crippen molar-refractivity contribution in [2.45, 2.75) is 44.9 Å². The molecule has 1 aromatic heterocycles. The van der Waals surface area contributed by atoms with Crippen molar-refractivity contribution >= 4 is 22.2 Å². The van der Waals surface area contributed by atoms with Crippen LogP contribution in [0.1, 0.15) is 48.1 Å². The largest absolute Gasteiger partial charge is 0.317 e. The SMILES string of the molecule is N#Cc1c(NC(=O)C2CCNCC2)sc2c1CCCCC2. The number of hydrogen-bond donors (Lipinski definition) is 2. The lowest BCUT2D eigenvalue weighted by atomic mass is 9.97. The van der Waals surface area contributed by atoms with Crippen molar-refractivity contribution in [2.24, 2.45) is 5.92 Å². The Morgan fingerprint density at radius 1 is 1.24 bits per heavy atom. The van der Waals surface area contributed by atoms with E-state index >= 15 is 0 Å². The molecule has 0 unspecified atom stereocenters. The van der Waals surface area contributed by atoms with Gasteiger partial charge < -0.3 is 10.6 Å². The molecule has 0 saturated carbocycles. The molecule has 3 rings (SSSR count). The molecule has 1 aliphatic carbocycles. The summed E-state index contributed by atoms with van der Waals surface area (Å²) in [6.07, 6.45) is 7.40. The highest BCUT2D eigenvalue weighted by atomic mass is 32.1. The number of hydrogen-bond acceptors (Lipinski definition) is 4. The zero-order valence-corrected chi connectivity index (χ0v) is 13.0. The highest BCUT2D eigenvalue weighted by molar-refractivity contribution is 7.16. The van der Waals surface area contributed by atoms with Crippen LogP contribution in [-0.2, 0) is 17.6 Å². The van der Waals surface area contributed by atoms with Crippen LogP contribution >= 0.6 is 11.3 Å². The Balaban J connectivity index is 1.79.